The lowest BCUT2D eigenvalue weighted by atomic mass is 9.83. The molecule has 1 saturated heterocycles. The minimum Gasteiger partial charge on any atom is -0.483 e. The van der Waals surface area contributed by atoms with Crippen LogP contribution in [0.2, 0.25) is 0 Å². The first-order chi connectivity index (χ1) is 12.9. The Bertz CT molecular complexity index is 930. The molecule has 0 aromatic heterocycles. The third-order valence-corrected chi connectivity index (χ3v) is 4.87. The zero-order valence-corrected chi connectivity index (χ0v) is 14.5. The van der Waals surface area contributed by atoms with Crippen LogP contribution >= 0.6 is 0 Å². The highest BCUT2D eigenvalue weighted by atomic mass is 19.1. The van der Waals surface area contributed by atoms with Crippen LogP contribution in [0.1, 0.15) is 27.9 Å². The number of halogens is 1. The van der Waals surface area contributed by atoms with E-state index in [-0.39, 0.29) is 11.6 Å². The number of aliphatic carboxylic acids is 1. The number of ketones is 1. The summed E-state index contributed by atoms with van der Waals surface area (Å²) in [5.74, 6) is -0.748. The summed E-state index contributed by atoms with van der Waals surface area (Å²) in [6.45, 7) is 1.96. The molecule has 2 aromatic rings. The number of fused-ring (bicyclic) bond motifs is 1. The van der Waals surface area contributed by atoms with Crippen LogP contribution in [0.4, 0.5) is 4.39 Å². The highest BCUT2D eigenvalue weighted by Crippen LogP contribution is 2.39. The van der Waals surface area contributed by atoms with Gasteiger partial charge in [0.05, 0.1) is 12.0 Å². The molecule has 0 bridgehead atoms. The molecule has 138 valence electrons. The predicted octanol–water partition coefficient (Wildman–Crippen LogP) is 3.14. The Balaban J connectivity index is 1.44. The first kappa shape index (κ1) is 17.4. The lowest BCUT2D eigenvalue weighted by molar-refractivity contribution is -0.131. The molecular weight excluding hydrogens is 349 g/mol. The Kier molecular flexibility index (Phi) is 4.28. The minimum absolute atomic E-state index is 0.00302. The van der Waals surface area contributed by atoms with Crippen LogP contribution in [0.25, 0.3) is 6.08 Å². The van der Waals surface area contributed by atoms with Crippen LogP contribution in [0.5, 0.6) is 5.75 Å². The summed E-state index contributed by atoms with van der Waals surface area (Å²) in [5, 5.41) is 8.72. The summed E-state index contributed by atoms with van der Waals surface area (Å²) >= 11 is 0. The standard InChI is InChI=1S/C21H18FNO4/c22-16-5-1-15(2-6-16)11-23-12-21(13-23)10-18(24)17-9-14(4-8-20(25)26)3-7-19(17)27-21/h1-9H,10-13H2,(H,25,26)/b8-4+. The number of hydrogen-bond donors (Lipinski definition) is 1. The SMILES string of the molecule is O=C(O)/C=C/c1ccc2c(c1)C(=O)CC1(CN(Cc3ccc(F)cc3)C1)O2. The molecule has 0 amide bonds. The minimum atomic E-state index is -1.04. The van der Waals surface area contributed by atoms with Crippen LogP contribution in [-0.2, 0) is 11.3 Å². The fourth-order valence-corrected chi connectivity index (χ4v) is 3.69. The van der Waals surface area contributed by atoms with Crippen molar-refractivity contribution in [1.29, 1.82) is 0 Å². The van der Waals surface area contributed by atoms with Crippen molar-refractivity contribution < 1.29 is 23.8 Å². The maximum Gasteiger partial charge on any atom is 0.328 e. The van der Waals surface area contributed by atoms with Gasteiger partial charge in [-0.2, -0.15) is 0 Å². The Hall–Kier alpha value is -2.99. The van der Waals surface area contributed by atoms with E-state index in [2.05, 4.69) is 4.90 Å². The van der Waals surface area contributed by atoms with Gasteiger partial charge in [-0.3, -0.25) is 9.69 Å². The first-order valence-electron chi connectivity index (χ1n) is 8.67. The van der Waals surface area contributed by atoms with E-state index < -0.39 is 11.6 Å². The fraction of sp³-hybridized carbons (Fsp3) is 0.238. The van der Waals surface area contributed by atoms with Crippen LogP contribution < -0.4 is 4.74 Å². The van der Waals surface area contributed by atoms with Crippen LogP contribution in [0, 0.1) is 5.82 Å². The van der Waals surface area contributed by atoms with Crippen LogP contribution in [0.15, 0.2) is 48.5 Å². The molecule has 2 aliphatic rings. The molecule has 0 aliphatic carbocycles. The van der Waals surface area contributed by atoms with Crippen molar-refractivity contribution in [2.24, 2.45) is 0 Å². The topological polar surface area (TPSA) is 66.8 Å². The van der Waals surface area contributed by atoms with Gasteiger partial charge in [-0.15, -0.1) is 0 Å². The molecule has 4 rings (SSSR count). The molecule has 0 radical (unpaired) electrons. The van der Waals surface area contributed by atoms with Gasteiger partial charge in [-0.05, 0) is 41.5 Å². The number of carbonyl (C=O) groups is 2. The quantitative estimate of drug-likeness (QED) is 0.841. The number of nitrogens with zero attached hydrogens (tertiary/aromatic N) is 1. The van der Waals surface area contributed by atoms with E-state index >= 15 is 0 Å². The number of carbonyl (C=O) groups excluding carboxylic acids is 1. The molecule has 0 unspecified atom stereocenters. The van der Waals surface area contributed by atoms with Gasteiger partial charge < -0.3 is 9.84 Å². The van der Waals surface area contributed by atoms with Gasteiger partial charge >= 0.3 is 5.97 Å². The van der Waals surface area contributed by atoms with E-state index in [1.807, 2.05) is 0 Å². The molecule has 1 spiro atoms. The summed E-state index contributed by atoms with van der Waals surface area (Å²) in [6.07, 6.45) is 2.79. The van der Waals surface area contributed by atoms with E-state index in [4.69, 9.17) is 9.84 Å². The molecule has 2 aliphatic heterocycles. The summed E-state index contributed by atoms with van der Waals surface area (Å²) in [7, 11) is 0. The van der Waals surface area contributed by atoms with Crippen molar-refractivity contribution >= 4 is 17.8 Å². The number of rotatable bonds is 4. The third kappa shape index (κ3) is 3.61. The van der Waals surface area contributed by atoms with Gasteiger partial charge in [-0.1, -0.05) is 18.2 Å². The third-order valence-electron chi connectivity index (χ3n) is 4.87. The van der Waals surface area contributed by atoms with Gasteiger partial charge in [0.15, 0.2) is 5.78 Å². The van der Waals surface area contributed by atoms with Crippen molar-refractivity contribution in [2.45, 2.75) is 18.6 Å². The van der Waals surface area contributed by atoms with Gasteiger partial charge in [0.1, 0.15) is 17.2 Å². The predicted molar refractivity (Wildman–Crippen MR) is 97.1 cm³/mol. The average Bonchev–Trinajstić information content (AvgIpc) is 2.61. The molecule has 0 saturated carbocycles. The number of carboxylic acids is 1. The molecule has 5 nitrogen and oxygen atoms in total. The number of likely N-dealkylation sites (tertiary alicyclic amines) is 1. The highest BCUT2D eigenvalue weighted by molar-refractivity contribution is 6.01. The molecular formula is C21H18FNO4. The molecule has 6 heteroatoms. The maximum absolute atomic E-state index is 13.0. The van der Waals surface area contributed by atoms with Crippen molar-refractivity contribution in [1.82, 2.24) is 4.90 Å². The Morgan fingerprint density at radius 1 is 1.22 bits per heavy atom. The van der Waals surface area contributed by atoms with Crippen molar-refractivity contribution in [3.8, 4) is 5.75 Å². The zero-order valence-electron chi connectivity index (χ0n) is 14.5. The van der Waals surface area contributed by atoms with Crippen molar-refractivity contribution in [2.75, 3.05) is 13.1 Å². The van der Waals surface area contributed by atoms with Gasteiger partial charge in [-0.25, -0.2) is 9.18 Å². The van der Waals surface area contributed by atoms with E-state index in [1.165, 1.54) is 18.2 Å². The van der Waals surface area contributed by atoms with Crippen molar-refractivity contribution in [3.63, 3.8) is 0 Å². The molecule has 0 atom stereocenters. The van der Waals surface area contributed by atoms with Crippen molar-refractivity contribution in [3.05, 3.63) is 71.0 Å². The lowest BCUT2D eigenvalue weighted by Crippen LogP contribution is -2.66. The normalized spacial score (nSPS) is 18.2. The summed E-state index contributed by atoms with van der Waals surface area (Å²) in [5.41, 5.74) is 1.65. The van der Waals surface area contributed by atoms with Crippen LogP contribution in [0.3, 0.4) is 0 Å². The second-order valence-electron chi connectivity index (χ2n) is 7.08. The Morgan fingerprint density at radius 3 is 2.67 bits per heavy atom. The van der Waals surface area contributed by atoms with E-state index in [0.717, 1.165) is 11.6 Å². The van der Waals surface area contributed by atoms with E-state index in [1.54, 1.807) is 30.3 Å². The molecule has 27 heavy (non-hydrogen) atoms. The largest absolute Gasteiger partial charge is 0.483 e. The average molecular weight is 367 g/mol. The fourth-order valence-electron chi connectivity index (χ4n) is 3.69. The van der Waals surface area contributed by atoms with Gasteiger partial charge in [0, 0.05) is 25.7 Å². The van der Waals surface area contributed by atoms with Gasteiger partial charge in [0.2, 0.25) is 0 Å². The summed E-state index contributed by atoms with van der Waals surface area (Å²) in [6, 6.07) is 11.5. The summed E-state index contributed by atoms with van der Waals surface area (Å²) in [4.78, 5) is 25.4. The number of ether oxygens (including phenoxy) is 1. The number of Topliss-reactive ketones (excluding diaryl/α,β-unsaturated/α-hetero) is 1. The first-order valence-corrected chi connectivity index (χ1v) is 8.67. The van der Waals surface area contributed by atoms with E-state index in [9.17, 15) is 14.0 Å². The number of benzene rings is 2. The zero-order chi connectivity index (χ0) is 19.0. The summed E-state index contributed by atoms with van der Waals surface area (Å²) < 4.78 is 19.1. The smallest absolute Gasteiger partial charge is 0.328 e. The van der Waals surface area contributed by atoms with E-state index in [0.29, 0.717) is 42.9 Å². The highest BCUT2D eigenvalue weighted by Gasteiger charge is 2.49. The Labute approximate surface area is 155 Å². The molecule has 1 N–H and O–H groups in total. The Morgan fingerprint density at radius 2 is 1.96 bits per heavy atom. The maximum atomic E-state index is 13.0. The second-order valence-corrected chi connectivity index (χ2v) is 7.08. The second kappa shape index (κ2) is 6.63. The monoisotopic (exact) mass is 367 g/mol. The molecule has 2 heterocycles. The molecule has 2 aromatic carbocycles. The number of carboxylic acid groups (broad SMARTS) is 1. The van der Waals surface area contributed by atoms with Gasteiger partial charge in [0.25, 0.3) is 0 Å². The lowest BCUT2D eigenvalue weighted by Gasteiger charge is -2.51. The van der Waals surface area contributed by atoms with Crippen LogP contribution in [-0.4, -0.2) is 40.4 Å². The molecule has 1 fully saturated rings. The number of hydrogen-bond acceptors (Lipinski definition) is 4.